The van der Waals surface area contributed by atoms with Gasteiger partial charge in [-0.2, -0.15) is 0 Å². The van der Waals surface area contributed by atoms with Gasteiger partial charge in [0.25, 0.3) is 11.5 Å². The summed E-state index contributed by atoms with van der Waals surface area (Å²) >= 11 is 0. The molecule has 2 rings (SSSR count). The number of methoxy groups -OCH3 is 1. The van der Waals surface area contributed by atoms with Crippen LogP contribution in [-0.2, 0) is 16.6 Å². The maximum Gasteiger partial charge on any atom is 0.325 e. The standard InChI is InChI=1S/C15H20N2O4/c1-16-8-7-11(9-13(16)18)15(20)17(10-14(19)21-2)12-5-3-4-6-12/h7-9,12H,3-6,10H2,1-2H3. The molecule has 1 aromatic heterocycles. The number of pyridine rings is 1. The molecule has 1 aromatic rings. The van der Waals surface area contributed by atoms with Crippen molar-refractivity contribution in [3.05, 3.63) is 34.2 Å². The minimum atomic E-state index is -0.445. The molecule has 21 heavy (non-hydrogen) atoms. The van der Waals surface area contributed by atoms with E-state index in [-0.39, 0.29) is 24.1 Å². The minimum absolute atomic E-state index is 0.0423. The summed E-state index contributed by atoms with van der Waals surface area (Å²) in [6.45, 7) is -0.0742. The van der Waals surface area contributed by atoms with E-state index >= 15 is 0 Å². The van der Waals surface area contributed by atoms with Crippen LogP contribution in [0.25, 0.3) is 0 Å². The van der Waals surface area contributed by atoms with Crippen LogP contribution in [0.15, 0.2) is 23.1 Å². The Kier molecular flexibility index (Phi) is 4.77. The highest BCUT2D eigenvalue weighted by Crippen LogP contribution is 2.24. The number of hydrogen-bond acceptors (Lipinski definition) is 4. The van der Waals surface area contributed by atoms with Crippen molar-refractivity contribution in [2.45, 2.75) is 31.7 Å². The Balaban J connectivity index is 2.25. The number of rotatable bonds is 4. The summed E-state index contributed by atoms with van der Waals surface area (Å²) in [7, 11) is 2.93. The Labute approximate surface area is 123 Å². The highest BCUT2D eigenvalue weighted by Gasteiger charge is 2.29. The van der Waals surface area contributed by atoms with Crippen LogP contribution < -0.4 is 5.56 Å². The Hall–Kier alpha value is -2.11. The molecule has 6 heteroatoms. The van der Waals surface area contributed by atoms with Gasteiger partial charge in [-0.3, -0.25) is 14.4 Å². The zero-order valence-corrected chi connectivity index (χ0v) is 12.4. The van der Waals surface area contributed by atoms with E-state index in [1.807, 2.05) is 0 Å². The Morgan fingerprint density at radius 1 is 1.38 bits per heavy atom. The summed E-state index contributed by atoms with van der Waals surface area (Å²) in [4.78, 5) is 37.4. The molecule has 1 saturated carbocycles. The van der Waals surface area contributed by atoms with Gasteiger partial charge in [0.05, 0.1) is 7.11 Å². The van der Waals surface area contributed by atoms with Crippen LogP contribution in [0.1, 0.15) is 36.0 Å². The summed E-state index contributed by atoms with van der Waals surface area (Å²) < 4.78 is 6.07. The van der Waals surface area contributed by atoms with Gasteiger partial charge in [-0.1, -0.05) is 12.8 Å². The third-order valence-electron chi connectivity index (χ3n) is 3.90. The van der Waals surface area contributed by atoms with Crippen LogP contribution in [0, 0.1) is 0 Å². The smallest absolute Gasteiger partial charge is 0.325 e. The summed E-state index contributed by atoms with van der Waals surface area (Å²) in [6.07, 6.45) is 5.42. The fourth-order valence-electron chi connectivity index (χ4n) is 2.63. The number of nitrogens with zero attached hydrogens (tertiary/aromatic N) is 2. The maximum atomic E-state index is 12.6. The Bertz CT molecular complexity index is 588. The predicted octanol–water partition coefficient (Wildman–Crippen LogP) is 0.943. The zero-order valence-electron chi connectivity index (χ0n) is 12.4. The predicted molar refractivity (Wildman–Crippen MR) is 77.0 cm³/mol. The van der Waals surface area contributed by atoms with Gasteiger partial charge in [-0.15, -0.1) is 0 Å². The first-order valence-corrected chi connectivity index (χ1v) is 7.07. The number of esters is 1. The average molecular weight is 292 g/mol. The van der Waals surface area contributed by atoms with Gasteiger partial charge >= 0.3 is 5.97 Å². The molecule has 0 radical (unpaired) electrons. The highest BCUT2D eigenvalue weighted by atomic mass is 16.5. The molecule has 1 amide bonds. The first kappa shape index (κ1) is 15.3. The van der Waals surface area contributed by atoms with Crippen molar-refractivity contribution in [3.63, 3.8) is 0 Å². The van der Waals surface area contributed by atoms with Crippen molar-refractivity contribution in [2.24, 2.45) is 7.05 Å². The number of ether oxygens (including phenoxy) is 1. The quantitative estimate of drug-likeness (QED) is 0.775. The first-order chi connectivity index (χ1) is 10.0. The van der Waals surface area contributed by atoms with Gasteiger partial charge in [0.2, 0.25) is 0 Å². The Morgan fingerprint density at radius 2 is 2.05 bits per heavy atom. The number of hydrogen-bond donors (Lipinski definition) is 0. The van der Waals surface area contributed by atoms with Gasteiger partial charge in [-0.25, -0.2) is 0 Å². The number of aromatic nitrogens is 1. The lowest BCUT2D eigenvalue weighted by Crippen LogP contribution is -2.43. The van der Waals surface area contributed by atoms with Gasteiger partial charge in [0, 0.05) is 30.9 Å². The molecule has 0 aliphatic heterocycles. The number of aryl methyl sites for hydroxylation is 1. The van der Waals surface area contributed by atoms with Crippen molar-refractivity contribution in [2.75, 3.05) is 13.7 Å². The second-order valence-electron chi connectivity index (χ2n) is 5.31. The lowest BCUT2D eigenvalue weighted by atomic mass is 10.1. The van der Waals surface area contributed by atoms with Crippen LogP contribution in [0.4, 0.5) is 0 Å². The van der Waals surface area contributed by atoms with E-state index in [0.717, 1.165) is 25.7 Å². The molecule has 0 aromatic carbocycles. The maximum absolute atomic E-state index is 12.6. The largest absolute Gasteiger partial charge is 0.468 e. The minimum Gasteiger partial charge on any atom is -0.468 e. The van der Waals surface area contributed by atoms with E-state index in [9.17, 15) is 14.4 Å². The van der Waals surface area contributed by atoms with E-state index in [0.29, 0.717) is 5.56 Å². The molecule has 0 spiro atoms. The summed E-state index contributed by atoms with van der Waals surface area (Å²) in [5.41, 5.74) is 0.0687. The van der Waals surface area contributed by atoms with Crippen LogP contribution in [-0.4, -0.2) is 41.0 Å². The monoisotopic (exact) mass is 292 g/mol. The molecule has 1 aliphatic rings. The van der Waals surface area contributed by atoms with Crippen molar-refractivity contribution in [1.29, 1.82) is 0 Å². The summed E-state index contributed by atoms with van der Waals surface area (Å²) in [6, 6.07) is 2.95. The van der Waals surface area contributed by atoms with Crippen molar-refractivity contribution in [3.8, 4) is 0 Å². The zero-order chi connectivity index (χ0) is 15.4. The second kappa shape index (κ2) is 6.56. The highest BCUT2D eigenvalue weighted by molar-refractivity contribution is 5.96. The molecule has 0 saturated heterocycles. The molecular formula is C15H20N2O4. The molecule has 1 fully saturated rings. The van der Waals surface area contributed by atoms with E-state index in [1.165, 1.54) is 22.6 Å². The third kappa shape index (κ3) is 3.51. The number of carbonyl (C=O) groups is 2. The molecule has 6 nitrogen and oxygen atoms in total. The molecule has 0 unspecified atom stereocenters. The van der Waals surface area contributed by atoms with Gasteiger partial charge in [-0.05, 0) is 18.9 Å². The van der Waals surface area contributed by atoms with Crippen LogP contribution in [0.2, 0.25) is 0 Å². The fraction of sp³-hybridized carbons (Fsp3) is 0.533. The topological polar surface area (TPSA) is 68.6 Å². The van der Waals surface area contributed by atoms with Crippen molar-refractivity contribution >= 4 is 11.9 Å². The van der Waals surface area contributed by atoms with Crippen LogP contribution >= 0.6 is 0 Å². The summed E-state index contributed by atoms with van der Waals surface area (Å²) in [5.74, 6) is -0.732. The summed E-state index contributed by atoms with van der Waals surface area (Å²) in [5, 5.41) is 0. The molecule has 0 atom stereocenters. The van der Waals surface area contributed by atoms with Crippen LogP contribution in [0.3, 0.4) is 0 Å². The normalized spacial score (nSPS) is 15.0. The number of amides is 1. The Morgan fingerprint density at radius 3 is 2.62 bits per heavy atom. The molecule has 1 aliphatic carbocycles. The van der Waals surface area contributed by atoms with E-state index < -0.39 is 5.97 Å². The second-order valence-corrected chi connectivity index (χ2v) is 5.31. The van der Waals surface area contributed by atoms with E-state index in [2.05, 4.69) is 4.74 Å². The molecule has 0 bridgehead atoms. The van der Waals surface area contributed by atoms with Crippen molar-refractivity contribution < 1.29 is 14.3 Å². The SMILES string of the molecule is COC(=O)CN(C(=O)c1ccn(C)c(=O)c1)C1CCCC1. The van der Waals surface area contributed by atoms with Gasteiger partial charge in [0.15, 0.2) is 0 Å². The van der Waals surface area contributed by atoms with Crippen molar-refractivity contribution in [1.82, 2.24) is 9.47 Å². The molecule has 0 N–H and O–H groups in total. The molecule has 1 heterocycles. The first-order valence-electron chi connectivity index (χ1n) is 7.07. The van der Waals surface area contributed by atoms with Crippen LogP contribution in [0.5, 0.6) is 0 Å². The van der Waals surface area contributed by atoms with E-state index in [1.54, 1.807) is 19.3 Å². The lowest BCUT2D eigenvalue weighted by Gasteiger charge is -2.28. The van der Waals surface area contributed by atoms with Gasteiger partial charge < -0.3 is 14.2 Å². The fourth-order valence-corrected chi connectivity index (χ4v) is 2.63. The average Bonchev–Trinajstić information content (AvgIpc) is 3.00. The lowest BCUT2D eigenvalue weighted by molar-refractivity contribution is -0.141. The number of carbonyl (C=O) groups excluding carboxylic acids is 2. The molecular weight excluding hydrogens is 272 g/mol. The third-order valence-corrected chi connectivity index (χ3v) is 3.90. The van der Waals surface area contributed by atoms with E-state index in [4.69, 9.17) is 0 Å². The van der Waals surface area contributed by atoms with Gasteiger partial charge in [0.1, 0.15) is 6.54 Å². The molecule has 114 valence electrons.